The average Bonchev–Trinajstić information content (AvgIpc) is 3.04. The van der Waals surface area contributed by atoms with E-state index in [4.69, 9.17) is 4.98 Å². The molecule has 140 valence electrons. The number of aromatic nitrogens is 2. The fraction of sp³-hybridized carbons (Fsp3) is 0.550. The number of likely N-dealkylation sites (tertiary alicyclic amines) is 1. The van der Waals surface area contributed by atoms with E-state index in [0.717, 1.165) is 42.8 Å². The highest BCUT2D eigenvalue weighted by molar-refractivity contribution is 5.81. The number of rotatable bonds is 6. The lowest BCUT2D eigenvalue weighted by atomic mass is 9.97. The van der Waals surface area contributed by atoms with E-state index in [-0.39, 0.29) is 17.7 Å². The maximum Gasteiger partial charge on any atom is 0.224 e. The number of benzene rings is 1. The fourth-order valence-corrected chi connectivity index (χ4v) is 3.75. The first-order chi connectivity index (χ1) is 12.6. The summed E-state index contributed by atoms with van der Waals surface area (Å²) in [6.45, 7) is 6.73. The van der Waals surface area contributed by atoms with E-state index in [2.05, 4.69) is 22.9 Å². The SMILES string of the molecule is CCC(=O)N1CCC[C@H](C(=O)NCCc2nc3ccccc3n2CC)C1. The minimum atomic E-state index is -0.0933. The van der Waals surface area contributed by atoms with Gasteiger partial charge in [0.2, 0.25) is 11.8 Å². The minimum absolute atomic E-state index is 0.0535. The van der Waals surface area contributed by atoms with Crippen molar-refractivity contribution in [1.29, 1.82) is 0 Å². The second kappa shape index (κ2) is 8.34. The number of imidazole rings is 1. The molecule has 0 aliphatic carbocycles. The Morgan fingerprint density at radius 2 is 2.08 bits per heavy atom. The number of aryl methyl sites for hydroxylation is 1. The molecule has 1 fully saturated rings. The largest absolute Gasteiger partial charge is 0.355 e. The number of nitrogens with one attached hydrogen (secondary N) is 1. The Bertz CT molecular complexity index is 783. The van der Waals surface area contributed by atoms with Crippen LogP contribution in [-0.4, -0.2) is 45.9 Å². The number of amides is 2. The molecule has 1 atom stereocenters. The summed E-state index contributed by atoms with van der Waals surface area (Å²) in [7, 11) is 0. The lowest BCUT2D eigenvalue weighted by Crippen LogP contribution is -2.45. The molecule has 2 amide bonds. The molecule has 26 heavy (non-hydrogen) atoms. The van der Waals surface area contributed by atoms with Gasteiger partial charge in [-0.2, -0.15) is 0 Å². The van der Waals surface area contributed by atoms with Crippen LogP contribution in [0.25, 0.3) is 11.0 Å². The molecule has 1 N–H and O–H groups in total. The van der Waals surface area contributed by atoms with Gasteiger partial charge in [0.1, 0.15) is 5.82 Å². The van der Waals surface area contributed by atoms with Crippen molar-refractivity contribution in [2.24, 2.45) is 5.92 Å². The molecule has 0 bridgehead atoms. The van der Waals surface area contributed by atoms with Gasteiger partial charge in [-0.05, 0) is 31.9 Å². The predicted molar refractivity (Wildman–Crippen MR) is 102 cm³/mol. The van der Waals surface area contributed by atoms with Gasteiger partial charge < -0.3 is 14.8 Å². The van der Waals surface area contributed by atoms with Crippen LogP contribution < -0.4 is 5.32 Å². The summed E-state index contributed by atoms with van der Waals surface area (Å²) in [5, 5.41) is 3.04. The van der Waals surface area contributed by atoms with Crippen molar-refractivity contribution in [3.8, 4) is 0 Å². The van der Waals surface area contributed by atoms with Gasteiger partial charge >= 0.3 is 0 Å². The molecular formula is C20H28N4O2. The van der Waals surface area contributed by atoms with Gasteiger partial charge in [0, 0.05) is 39.0 Å². The molecule has 0 saturated carbocycles. The smallest absolute Gasteiger partial charge is 0.224 e. The highest BCUT2D eigenvalue weighted by Gasteiger charge is 2.27. The number of nitrogens with zero attached hydrogens (tertiary/aromatic N) is 3. The zero-order valence-corrected chi connectivity index (χ0v) is 15.7. The molecule has 0 spiro atoms. The normalized spacial score (nSPS) is 17.5. The Hall–Kier alpha value is -2.37. The summed E-state index contributed by atoms with van der Waals surface area (Å²) in [6.07, 6.45) is 2.96. The molecule has 1 aromatic carbocycles. The first kappa shape index (κ1) is 18.4. The minimum Gasteiger partial charge on any atom is -0.355 e. The second-order valence-corrected chi connectivity index (χ2v) is 6.83. The van der Waals surface area contributed by atoms with Crippen molar-refractivity contribution in [3.63, 3.8) is 0 Å². The molecule has 1 aromatic heterocycles. The van der Waals surface area contributed by atoms with Crippen molar-refractivity contribution in [1.82, 2.24) is 19.8 Å². The lowest BCUT2D eigenvalue weighted by Gasteiger charge is -2.31. The van der Waals surface area contributed by atoms with Crippen LogP contribution in [0.1, 0.15) is 38.9 Å². The van der Waals surface area contributed by atoms with Crippen LogP contribution in [-0.2, 0) is 22.6 Å². The van der Waals surface area contributed by atoms with E-state index in [9.17, 15) is 9.59 Å². The number of para-hydroxylation sites is 2. The molecule has 1 aliphatic rings. The van der Waals surface area contributed by atoms with Gasteiger partial charge in [0.25, 0.3) is 0 Å². The highest BCUT2D eigenvalue weighted by atomic mass is 16.2. The van der Waals surface area contributed by atoms with Crippen molar-refractivity contribution in [2.45, 2.75) is 46.1 Å². The molecule has 1 saturated heterocycles. The Labute approximate surface area is 154 Å². The fourth-order valence-electron chi connectivity index (χ4n) is 3.75. The van der Waals surface area contributed by atoms with Crippen LogP contribution in [0, 0.1) is 5.92 Å². The Balaban J connectivity index is 1.56. The first-order valence-corrected chi connectivity index (χ1v) is 9.63. The van der Waals surface area contributed by atoms with Gasteiger partial charge in [-0.15, -0.1) is 0 Å². The van der Waals surface area contributed by atoms with Crippen molar-refractivity contribution >= 4 is 22.8 Å². The molecule has 2 heterocycles. The number of fused-ring (bicyclic) bond motifs is 1. The lowest BCUT2D eigenvalue weighted by molar-refractivity contribution is -0.135. The second-order valence-electron chi connectivity index (χ2n) is 6.83. The molecule has 0 unspecified atom stereocenters. The third-order valence-electron chi connectivity index (χ3n) is 5.15. The Kier molecular flexibility index (Phi) is 5.91. The van der Waals surface area contributed by atoms with E-state index in [1.807, 2.05) is 30.0 Å². The highest BCUT2D eigenvalue weighted by Crippen LogP contribution is 2.18. The van der Waals surface area contributed by atoms with Gasteiger partial charge in [-0.3, -0.25) is 9.59 Å². The molecule has 6 nitrogen and oxygen atoms in total. The van der Waals surface area contributed by atoms with E-state index < -0.39 is 0 Å². The molecular weight excluding hydrogens is 328 g/mol. The van der Waals surface area contributed by atoms with Gasteiger partial charge in [-0.25, -0.2) is 4.98 Å². The number of carbonyl (C=O) groups is 2. The van der Waals surface area contributed by atoms with E-state index in [0.29, 0.717) is 25.9 Å². The molecule has 1 aliphatic heterocycles. The van der Waals surface area contributed by atoms with Crippen LogP contribution in [0.3, 0.4) is 0 Å². The zero-order chi connectivity index (χ0) is 18.5. The zero-order valence-electron chi connectivity index (χ0n) is 15.7. The topological polar surface area (TPSA) is 67.2 Å². The maximum atomic E-state index is 12.5. The van der Waals surface area contributed by atoms with Crippen molar-refractivity contribution < 1.29 is 9.59 Å². The summed E-state index contributed by atoms with van der Waals surface area (Å²) >= 11 is 0. The quantitative estimate of drug-likeness (QED) is 0.864. The van der Waals surface area contributed by atoms with Gasteiger partial charge in [0.15, 0.2) is 0 Å². The Morgan fingerprint density at radius 3 is 2.85 bits per heavy atom. The Morgan fingerprint density at radius 1 is 1.27 bits per heavy atom. The summed E-state index contributed by atoms with van der Waals surface area (Å²) in [6, 6.07) is 8.11. The summed E-state index contributed by atoms with van der Waals surface area (Å²) in [5.74, 6) is 1.10. The standard InChI is InChI=1S/C20H28N4O2/c1-3-19(25)23-13-7-8-15(14-23)20(26)21-12-11-18-22-16-9-5-6-10-17(16)24(18)4-2/h5-6,9-10,15H,3-4,7-8,11-14H2,1-2H3,(H,21,26)/t15-/m0/s1. The van der Waals surface area contributed by atoms with Crippen LogP contribution in [0.15, 0.2) is 24.3 Å². The maximum absolute atomic E-state index is 12.5. The summed E-state index contributed by atoms with van der Waals surface area (Å²) < 4.78 is 2.20. The van der Waals surface area contributed by atoms with Crippen LogP contribution >= 0.6 is 0 Å². The third-order valence-corrected chi connectivity index (χ3v) is 5.15. The number of carbonyl (C=O) groups excluding carboxylic acids is 2. The predicted octanol–water partition coefficient (Wildman–Crippen LogP) is 2.36. The number of piperidine rings is 1. The van der Waals surface area contributed by atoms with Crippen LogP contribution in [0.2, 0.25) is 0 Å². The summed E-state index contributed by atoms with van der Waals surface area (Å²) in [4.78, 5) is 30.9. The first-order valence-electron chi connectivity index (χ1n) is 9.63. The van der Waals surface area contributed by atoms with E-state index >= 15 is 0 Å². The van der Waals surface area contributed by atoms with E-state index in [1.54, 1.807) is 0 Å². The van der Waals surface area contributed by atoms with Gasteiger partial charge in [-0.1, -0.05) is 19.1 Å². The monoisotopic (exact) mass is 356 g/mol. The number of hydrogen-bond acceptors (Lipinski definition) is 3. The summed E-state index contributed by atoms with van der Waals surface area (Å²) in [5.41, 5.74) is 2.13. The van der Waals surface area contributed by atoms with Gasteiger partial charge in [0.05, 0.1) is 17.0 Å². The van der Waals surface area contributed by atoms with Crippen molar-refractivity contribution in [3.05, 3.63) is 30.1 Å². The average molecular weight is 356 g/mol. The molecule has 3 rings (SSSR count). The number of hydrogen-bond donors (Lipinski definition) is 1. The molecule has 2 aromatic rings. The molecule has 6 heteroatoms. The van der Waals surface area contributed by atoms with Crippen LogP contribution in [0.5, 0.6) is 0 Å². The van der Waals surface area contributed by atoms with Crippen molar-refractivity contribution in [2.75, 3.05) is 19.6 Å². The third kappa shape index (κ3) is 3.89. The van der Waals surface area contributed by atoms with E-state index in [1.165, 1.54) is 0 Å². The molecule has 0 radical (unpaired) electrons. The van der Waals surface area contributed by atoms with Crippen LogP contribution in [0.4, 0.5) is 0 Å².